The lowest BCUT2D eigenvalue weighted by Gasteiger charge is -2.31. The standard InChI is InChI=1S/C22H34BrN3O3/c1-16(28-2)29-20-3-4-21(23)19(14-20)13-18-6-10-25(15-18)9-5-17-7-11-26(12-8-17)22(24)27/h3-4,14,16-18H,5-13,15H2,1-2H3,(H2,24,27). The Morgan fingerprint density at radius 2 is 1.97 bits per heavy atom. The van der Waals surface area contributed by atoms with Crippen molar-refractivity contribution in [2.75, 3.05) is 39.8 Å². The molecule has 3 rings (SSSR count). The number of piperidine rings is 1. The number of benzene rings is 1. The molecule has 0 saturated carbocycles. The highest BCUT2D eigenvalue weighted by atomic mass is 79.9. The van der Waals surface area contributed by atoms with Gasteiger partial charge in [-0.1, -0.05) is 15.9 Å². The topological polar surface area (TPSA) is 68.0 Å². The summed E-state index contributed by atoms with van der Waals surface area (Å²) in [6.07, 6.45) is 5.44. The predicted octanol–water partition coefficient (Wildman–Crippen LogP) is 3.87. The van der Waals surface area contributed by atoms with Crippen LogP contribution >= 0.6 is 15.9 Å². The van der Waals surface area contributed by atoms with Crippen LogP contribution in [0.15, 0.2) is 22.7 Å². The molecule has 0 radical (unpaired) electrons. The molecule has 162 valence electrons. The number of carbonyl (C=O) groups is 1. The van der Waals surface area contributed by atoms with Crippen LogP contribution in [-0.2, 0) is 11.2 Å². The summed E-state index contributed by atoms with van der Waals surface area (Å²) >= 11 is 3.70. The summed E-state index contributed by atoms with van der Waals surface area (Å²) in [5, 5.41) is 0. The molecule has 2 aliphatic heterocycles. The first-order valence-electron chi connectivity index (χ1n) is 10.7. The Morgan fingerprint density at radius 1 is 1.24 bits per heavy atom. The van der Waals surface area contributed by atoms with E-state index < -0.39 is 0 Å². The van der Waals surface area contributed by atoms with Crippen LogP contribution in [0.3, 0.4) is 0 Å². The summed E-state index contributed by atoms with van der Waals surface area (Å²) in [4.78, 5) is 15.6. The maximum absolute atomic E-state index is 11.2. The van der Waals surface area contributed by atoms with Crippen molar-refractivity contribution in [1.82, 2.24) is 9.80 Å². The molecule has 1 aromatic rings. The molecule has 6 nitrogen and oxygen atoms in total. The molecule has 0 aliphatic carbocycles. The van der Waals surface area contributed by atoms with E-state index in [0.29, 0.717) is 5.92 Å². The molecule has 2 heterocycles. The van der Waals surface area contributed by atoms with Crippen LogP contribution in [0.4, 0.5) is 4.79 Å². The second-order valence-electron chi connectivity index (χ2n) is 8.39. The Hall–Kier alpha value is -1.31. The maximum atomic E-state index is 11.2. The van der Waals surface area contributed by atoms with E-state index in [-0.39, 0.29) is 12.3 Å². The largest absolute Gasteiger partial charge is 0.465 e. The lowest BCUT2D eigenvalue weighted by molar-refractivity contribution is -0.0383. The average molecular weight is 468 g/mol. The third kappa shape index (κ3) is 6.59. The van der Waals surface area contributed by atoms with Crippen molar-refractivity contribution in [1.29, 1.82) is 0 Å². The molecular formula is C22H34BrN3O3. The Labute approximate surface area is 182 Å². The van der Waals surface area contributed by atoms with Gasteiger partial charge in [-0.05, 0) is 87.7 Å². The summed E-state index contributed by atoms with van der Waals surface area (Å²) in [5.74, 6) is 2.25. The number of likely N-dealkylation sites (tertiary alicyclic amines) is 2. The SMILES string of the molecule is COC(C)Oc1ccc(Br)c(CC2CCN(CCC3CCN(C(N)=O)CC3)C2)c1. The van der Waals surface area contributed by atoms with E-state index in [2.05, 4.69) is 33.0 Å². The minimum Gasteiger partial charge on any atom is -0.465 e. The summed E-state index contributed by atoms with van der Waals surface area (Å²) < 4.78 is 12.1. The summed E-state index contributed by atoms with van der Waals surface area (Å²) in [6.45, 7) is 7.03. The van der Waals surface area contributed by atoms with Crippen LogP contribution in [0, 0.1) is 11.8 Å². The Kier molecular flexibility index (Phi) is 8.21. The number of nitrogens with zero attached hydrogens (tertiary/aromatic N) is 2. The molecule has 0 bridgehead atoms. The Balaban J connectivity index is 1.43. The number of rotatable bonds is 8. The number of primary amides is 1. The van der Waals surface area contributed by atoms with Crippen LogP contribution in [0.5, 0.6) is 5.75 Å². The second kappa shape index (κ2) is 10.6. The Morgan fingerprint density at radius 3 is 2.66 bits per heavy atom. The second-order valence-corrected chi connectivity index (χ2v) is 9.25. The molecule has 29 heavy (non-hydrogen) atoms. The lowest BCUT2D eigenvalue weighted by atomic mass is 9.93. The highest BCUT2D eigenvalue weighted by molar-refractivity contribution is 9.10. The fraction of sp³-hybridized carbons (Fsp3) is 0.682. The normalized spacial score (nSPS) is 22.0. The van der Waals surface area contributed by atoms with Gasteiger partial charge in [-0.2, -0.15) is 0 Å². The van der Waals surface area contributed by atoms with E-state index in [4.69, 9.17) is 15.2 Å². The van der Waals surface area contributed by atoms with Crippen LogP contribution in [0.2, 0.25) is 0 Å². The number of urea groups is 1. The highest BCUT2D eigenvalue weighted by Crippen LogP contribution is 2.29. The molecule has 2 aliphatic rings. The zero-order chi connectivity index (χ0) is 20.8. The number of amides is 2. The van der Waals surface area contributed by atoms with Crippen LogP contribution < -0.4 is 10.5 Å². The fourth-order valence-electron chi connectivity index (χ4n) is 4.42. The molecule has 0 spiro atoms. The molecule has 2 atom stereocenters. The minimum atomic E-state index is -0.275. The number of ether oxygens (including phenoxy) is 2. The fourth-order valence-corrected chi connectivity index (χ4v) is 4.83. The summed E-state index contributed by atoms with van der Waals surface area (Å²) in [7, 11) is 1.65. The zero-order valence-corrected chi connectivity index (χ0v) is 19.2. The molecule has 2 N–H and O–H groups in total. The van der Waals surface area contributed by atoms with E-state index >= 15 is 0 Å². The highest BCUT2D eigenvalue weighted by Gasteiger charge is 2.26. The van der Waals surface area contributed by atoms with Crippen molar-refractivity contribution in [3.05, 3.63) is 28.2 Å². The quantitative estimate of drug-likeness (QED) is 0.589. The van der Waals surface area contributed by atoms with Crippen molar-refractivity contribution in [2.24, 2.45) is 17.6 Å². The molecule has 2 fully saturated rings. The van der Waals surface area contributed by atoms with Crippen LogP contribution in [0.1, 0.15) is 38.2 Å². The van der Waals surface area contributed by atoms with E-state index in [1.54, 1.807) is 12.0 Å². The van der Waals surface area contributed by atoms with Crippen molar-refractivity contribution >= 4 is 22.0 Å². The number of halogens is 1. The predicted molar refractivity (Wildman–Crippen MR) is 118 cm³/mol. The number of hydrogen-bond acceptors (Lipinski definition) is 4. The molecule has 7 heteroatoms. The molecule has 2 saturated heterocycles. The third-order valence-electron chi connectivity index (χ3n) is 6.31. The van der Waals surface area contributed by atoms with Gasteiger partial charge < -0.3 is 25.0 Å². The van der Waals surface area contributed by atoms with Gasteiger partial charge in [0.05, 0.1) is 0 Å². The van der Waals surface area contributed by atoms with Gasteiger partial charge in [-0.15, -0.1) is 0 Å². The molecule has 2 unspecified atom stereocenters. The van der Waals surface area contributed by atoms with Gasteiger partial charge in [0.1, 0.15) is 5.75 Å². The molecule has 0 aromatic heterocycles. The van der Waals surface area contributed by atoms with Gasteiger partial charge in [0, 0.05) is 31.2 Å². The minimum absolute atomic E-state index is 0.249. The summed E-state index contributed by atoms with van der Waals surface area (Å²) in [6, 6.07) is 5.91. The van der Waals surface area contributed by atoms with Gasteiger partial charge in [0.15, 0.2) is 6.29 Å². The van der Waals surface area contributed by atoms with Crippen molar-refractivity contribution in [3.63, 3.8) is 0 Å². The zero-order valence-electron chi connectivity index (χ0n) is 17.6. The number of nitrogens with two attached hydrogens (primary N) is 1. The molecule has 1 aromatic carbocycles. The van der Waals surface area contributed by atoms with Gasteiger partial charge in [0.2, 0.25) is 0 Å². The molecule has 2 amide bonds. The van der Waals surface area contributed by atoms with Crippen molar-refractivity contribution in [2.45, 2.75) is 45.3 Å². The van der Waals surface area contributed by atoms with E-state index in [0.717, 1.165) is 61.6 Å². The monoisotopic (exact) mass is 467 g/mol. The number of methoxy groups -OCH3 is 1. The van der Waals surface area contributed by atoms with E-state index in [1.807, 2.05) is 13.0 Å². The average Bonchev–Trinajstić information content (AvgIpc) is 3.16. The first kappa shape index (κ1) is 22.4. The van der Waals surface area contributed by atoms with Gasteiger partial charge in [0.25, 0.3) is 0 Å². The van der Waals surface area contributed by atoms with E-state index in [9.17, 15) is 4.79 Å². The third-order valence-corrected chi connectivity index (χ3v) is 7.08. The maximum Gasteiger partial charge on any atom is 0.314 e. The van der Waals surface area contributed by atoms with Gasteiger partial charge >= 0.3 is 6.03 Å². The number of hydrogen-bond donors (Lipinski definition) is 1. The van der Waals surface area contributed by atoms with Crippen LogP contribution in [0.25, 0.3) is 0 Å². The smallest absolute Gasteiger partial charge is 0.314 e. The first-order chi connectivity index (χ1) is 13.9. The Bertz CT molecular complexity index is 679. The van der Waals surface area contributed by atoms with Crippen molar-refractivity contribution in [3.8, 4) is 5.75 Å². The summed E-state index contributed by atoms with van der Waals surface area (Å²) in [5.41, 5.74) is 6.68. The van der Waals surface area contributed by atoms with Gasteiger partial charge in [-0.25, -0.2) is 4.79 Å². The van der Waals surface area contributed by atoms with Crippen LogP contribution in [-0.4, -0.2) is 62.0 Å². The first-order valence-corrected chi connectivity index (χ1v) is 11.5. The molecular weight excluding hydrogens is 434 g/mol. The van der Waals surface area contributed by atoms with E-state index in [1.165, 1.54) is 24.9 Å². The van der Waals surface area contributed by atoms with Gasteiger partial charge in [-0.3, -0.25) is 0 Å². The number of carbonyl (C=O) groups excluding carboxylic acids is 1. The lowest BCUT2D eigenvalue weighted by Crippen LogP contribution is -2.42. The van der Waals surface area contributed by atoms with Crippen molar-refractivity contribution < 1.29 is 14.3 Å².